The van der Waals surface area contributed by atoms with Crippen LogP contribution in [0.3, 0.4) is 0 Å². The fourth-order valence-electron chi connectivity index (χ4n) is 5.19. The molecule has 0 aromatic heterocycles. The summed E-state index contributed by atoms with van der Waals surface area (Å²) in [5.74, 6) is -1.64. The first-order valence-corrected chi connectivity index (χ1v) is 12.7. The molecule has 0 radical (unpaired) electrons. The second kappa shape index (κ2) is 9.75. The summed E-state index contributed by atoms with van der Waals surface area (Å²) in [6.07, 6.45) is 1.70. The lowest BCUT2D eigenvalue weighted by molar-refractivity contribution is -0.122. The second-order valence-corrected chi connectivity index (χ2v) is 12.0. The number of carbonyl (C=O) groups excluding carboxylic acids is 2. The molecule has 2 fully saturated rings. The maximum absolute atomic E-state index is 12.6. The summed E-state index contributed by atoms with van der Waals surface area (Å²) in [7, 11) is -4.56. The van der Waals surface area contributed by atoms with Gasteiger partial charge < -0.3 is 15.7 Å². The summed E-state index contributed by atoms with van der Waals surface area (Å²) in [6.45, 7) is 7.57. The number of carboxylic acids is 1. The Balaban J connectivity index is 1.60. The minimum Gasteiger partial charge on any atom is -0.478 e. The SMILES string of the molecule is CC(C)(COS(=O)(=O)ON1C(=O)N2C[C@H]1CC[C@H]2C(N)=O)CC(C)(C)Cc1ccccc1C(=O)O. The summed E-state index contributed by atoms with van der Waals surface area (Å²) in [6, 6.07) is 4.75. The molecule has 3 rings (SSSR count). The van der Waals surface area contributed by atoms with Gasteiger partial charge in [0, 0.05) is 6.54 Å². The number of carboxylic acid groups (broad SMARTS) is 1. The Hall–Kier alpha value is -2.70. The zero-order valence-corrected chi connectivity index (χ0v) is 21.2. The Bertz CT molecular complexity index is 1100. The van der Waals surface area contributed by atoms with E-state index in [4.69, 9.17) is 14.2 Å². The number of hydrogen-bond acceptors (Lipinski definition) is 7. The minimum atomic E-state index is -4.56. The predicted octanol–water partition coefficient (Wildman–Crippen LogP) is 2.32. The number of hydrogen-bond donors (Lipinski definition) is 2. The molecular formula is C23H33N3O8S. The van der Waals surface area contributed by atoms with Gasteiger partial charge in [-0.05, 0) is 48.1 Å². The van der Waals surface area contributed by atoms with Crippen molar-refractivity contribution in [2.45, 2.75) is 65.5 Å². The fourth-order valence-corrected chi connectivity index (χ4v) is 6.07. The third kappa shape index (κ3) is 6.50. The highest BCUT2D eigenvalue weighted by molar-refractivity contribution is 7.81. The standard InChI is InChI=1S/C23H33N3O8S/c1-22(2,11-15-7-5-6-8-17(15)20(28)29)13-23(3,4)14-33-35(31,32)34-26-16-9-10-18(19(24)27)25(12-16)21(26)30/h5-8,16,18H,9-14H2,1-4H3,(H2,24,27)(H,28,29)/t16-,18+/m1/s1. The van der Waals surface area contributed by atoms with E-state index < -0.39 is 45.8 Å². The van der Waals surface area contributed by atoms with E-state index in [2.05, 4.69) is 0 Å². The number of piperidine rings is 1. The van der Waals surface area contributed by atoms with E-state index in [9.17, 15) is 27.9 Å². The van der Waals surface area contributed by atoms with Gasteiger partial charge in [0.1, 0.15) is 6.04 Å². The molecule has 0 aliphatic carbocycles. The number of rotatable bonds is 11. The second-order valence-electron chi connectivity index (χ2n) is 10.8. The van der Waals surface area contributed by atoms with Crippen LogP contribution >= 0.6 is 0 Å². The molecule has 2 atom stereocenters. The number of benzene rings is 1. The molecular weight excluding hydrogens is 478 g/mol. The van der Waals surface area contributed by atoms with Crippen molar-refractivity contribution < 1.29 is 36.4 Å². The Morgan fingerprint density at radius 2 is 1.80 bits per heavy atom. The van der Waals surface area contributed by atoms with Gasteiger partial charge in [0.2, 0.25) is 5.91 Å². The number of aromatic carboxylic acids is 1. The van der Waals surface area contributed by atoms with Crippen molar-refractivity contribution in [1.29, 1.82) is 0 Å². The van der Waals surface area contributed by atoms with Crippen LogP contribution in [0.2, 0.25) is 0 Å². The van der Waals surface area contributed by atoms with Crippen LogP contribution in [-0.2, 0) is 30.1 Å². The molecule has 0 saturated carbocycles. The van der Waals surface area contributed by atoms with E-state index >= 15 is 0 Å². The molecule has 2 bridgehead atoms. The Kier molecular flexibility index (Phi) is 7.49. The number of fused-ring (bicyclic) bond motifs is 2. The predicted molar refractivity (Wildman–Crippen MR) is 125 cm³/mol. The lowest BCUT2D eigenvalue weighted by atomic mass is 9.72. The molecule has 2 saturated heterocycles. The highest BCUT2D eigenvalue weighted by Gasteiger charge is 2.49. The van der Waals surface area contributed by atoms with E-state index in [1.54, 1.807) is 24.3 Å². The molecule has 1 aromatic rings. The summed E-state index contributed by atoms with van der Waals surface area (Å²) in [5.41, 5.74) is 5.28. The molecule has 0 spiro atoms. The van der Waals surface area contributed by atoms with Gasteiger partial charge in [-0.2, -0.15) is 13.5 Å². The lowest BCUT2D eigenvalue weighted by Gasteiger charge is -2.35. The van der Waals surface area contributed by atoms with Crippen LogP contribution < -0.4 is 5.73 Å². The van der Waals surface area contributed by atoms with Crippen LogP contribution in [0.5, 0.6) is 0 Å². The molecule has 2 aliphatic heterocycles. The highest BCUT2D eigenvalue weighted by atomic mass is 32.3. The zero-order valence-electron chi connectivity index (χ0n) is 20.4. The summed E-state index contributed by atoms with van der Waals surface area (Å²) in [5, 5.41) is 10.2. The number of primary amides is 1. The number of amides is 3. The van der Waals surface area contributed by atoms with E-state index in [-0.39, 0.29) is 24.1 Å². The fraction of sp³-hybridized carbons (Fsp3) is 0.609. The van der Waals surface area contributed by atoms with Crippen LogP contribution in [0.1, 0.15) is 62.9 Å². The average molecular weight is 512 g/mol. The van der Waals surface area contributed by atoms with Crippen LogP contribution in [0, 0.1) is 10.8 Å². The van der Waals surface area contributed by atoms with Gasteiger partial charge in [0.05, 0.1) is 18.2 Å². The molecule has 3 N–H and O–H groups in total. The monoisotopic (exact) mass is 511 g/mol. The normalized spacial score (nSPS) is 20.9. The molecule has 12 heteroatoms. The molecule has 2 aliphatic rings. The maximum atomic E-state index is 12.6. The highest BCUT2D eigenvalue weighted by Crippen LogP contribution is 2.38. The molecule has 194 valence electrons. The first-order chi connectivity index (χ1) is 16.1. The quantitative estimate of drug-likeness (QED) is 0.458. The topological polar surface area (TPSA) is 157 Å². The van der Waals surface area contributed by atoms with Crippen molar-refractivity contribution in [3.8, 4) is 0 Å². The van der Waals surface area contributed by atoms with E-state index in [1.165, 1.54) is 4.90 Å². The summed E-state index contributed by atoms with van der Waals surface area (Å²) in [4.78, 5) is 36.9. The van der Waals surface area contributed by atoms with Crippen LogP contribution in [-0.4, -0.2) is 66.6 Å². The maximum Gasteiger partial charge on any atom is 0.421 e. The van der Waals surface area contributed by atoms with Gasteiger partial charge >= 0.3 is 22.4 Å². The molecule has 11 nitrogen and oxygen atoms in total. The van der Waals surface area contributed by atoms with Crippen LogP contribution in [0.4, 0.5) is 4.79 Å². The largest absolute Gasteiger partial charge is 0.478 e. The van der Waals surface area contributed by atoms with Gasteiger partial charge in [0.25, 0.3) is 0 Å². The molecule has 2 heterocycles. The Labute approximate surface area is 205 Å². The van der Waals surface area contributed by atoms with Gasteiger partial charge in [0.15, 0.2) is 0 Å². The van der Waals surface area contributed by atoms with Crippen molar-refractivity contribution in [3.05, 3.63) is 35.4 Å². The van der Waals surface area contributed by atoms with Crippen molar-refractivity contribution in [3.63, 3.8) is 0 Å². The third-order valence-electron chi connectivity index (χ3n) is 6.29. The molecule has 0 unspecified atom stereocenters. The first-order valence-electron chi connectivity index (χ1n) is 11.4. The van der Waals surface area contributed by atoms with Crippen molar-refractivity contribution in [2.75, 3.05) is 13.2 Å². The number of nitrogens with two attached hydrogens (primary N) is 1. The number of hydroxylamine groups is 2. The molecule has 35 heavy (non-hydrogen) atoms. The Morgan fingerprint density at radius 1 is 1.14 bits per heavy atom. The van der Waals surface area contributed by atoms with E-state index in [1.807, 2.05) is 27.7 Å². The van der Waals surface area contributed by atoms with E-state index in [0.29, 0.717) is 31.2 Å². The van der Waals surface area contributed by atoms with Crippen molar-refractivity contribution in [1.82, 2.24) is 9.96 Å². The number of nitrogens with zero attached hydrogens (tertiary/aromatic N) is 2. The summed E-state index contributed by atoms with van der Waals surface area (Å²) >= 11 is 0. The first kappa shape index (κ1) is 26.9. The van der Waals surface area contributed by atoms with Gasteiger partial charge in [-0.3, -0.25) is 4.79 Å². The van der Waals surface area contributed by atoms with Gasteiger partial charge in [-0.15, -0.1) is 4.28 Å². The molecule has 1 aromatic carbocycles. The van der Waals surface area contributed by atoms with Crippen molar-refractivity contribution >= 4 is 28.3 Å². The van der Waals surface area contributed by atoms with E-state index in [0.717, 1.165) is 5.06 Å². The summed E-state index contributed by atoms with van der Waals surface area (Å²) < 4.78 is 35.2. The minimum absolute atomic E-state index is 0.152. The smallest absolute Gasteiger partial charge is 0.421 e. The average Bonchev–Trinajstić information content (AvgIpc) is 2.95. The Morgan fingerprint density at radius 3 is 2.43 bits per heavy atom. The third-order valence-corrected chi connectivity index (χ3v) is 7.04. The van der Waals surface area contributed by atoms with Gasteiger partial charge in [-0.25, -0.2) is 13.8 Å². The lowest BCUT2D eigenvalue weighted by Crippen LogP contribution is -2.47. The molecule has 3 amide bonds. The van der Waals surface area contributed by atoms with Crippen LogP contribution in [0.25, 0.3) is 0 Å². The van der Waals surface area contributed by atoms with Gasteiger partial charge in [-0.1, -0.05) is 45.9 Å². The zero-order chi connectivity index (χ0) is 26.2. The number of urea groups is 1. The van der Waals surface area contributed by atoms with Crippen LogP contribution in [0.15, 0.2) is 24.3 Å². The number of carbonyl (C=O) groups is 3. The van der Waals surface area contributed by atoms with Crippen molar-refractivity contribution in [2.24, 2.45) is 16.6 Å².